The van der Waals surface area contributed by atoms with Crippen molar-refractivity contribution in [3.8, 4) is 0 Å². The SMILES string of the molecule is CC1=C([N+](=O)[O-])c2ccccc2N2NN(c3ccc(Cl)cc3)C(O)=C12. The molecular formula is C17H13ClN4O3. The first-order valence-corrected chi connectivity index (χ1v) is 7.87. The number of hydrazine groups is 2. The van der Waals surface area contributed by atoms with E-state index in [9.17, 15) is 15.2 Å². The summed E-state index contributed by atoms with van der Waals surface area (Å²) < 4.78 is 0. The van der Waals surface area contributed by atoms with Crippen LogP contribution in [0.1, 0.15) is 12.5 Å². The fourth-order valence-electron chi connectivity index (χ4n) is 3.10. The van der Waals surface area contributed by atoms with E-state index in [2.05, 4.69) is 5.53 Å². The maximum atomic E-state index is 11.6. The van der Waals surface area contributed by atoms with E-state index in [0.717, 1.165) is 0 Å². The Kier molecular flexibility index (Phi) is 3.41. The molecule has 7 nitrogen and oxygen atoms in total. The number of halogens is 1. The summed E-state index contributed by atoms with van der Waals surface area (Å²) in [6.45, 7) is 1.62. The first kappa shape index (κ1) is 15.5. The maximum absolute atomic E-state index is 11.6. The van der Waals surface area contributed by atoms with Crippen molar-refractivity contribution in [1.29, 1.82) is 0 Å². The van der Waals surface area contributed by atoms with E-state index in [1.54, 1.807) is 60.5 Å². The van der Waals surface area contributed by atoms with Crippen LogP contribution in [0, 0.1) is 10.1 Å². The average Bonchev–Trinajstić information content (AvgIpc) is 2.94. The monoisotopic (exact) mass is 356 g/mol. The number of benzene rings is 2. The van der Waals surface area contributed by atoms with E-state index in [1.807, 2.05) is 0 Å². The van der Waals surface area contributed by atoms with Crippen LogP contribution in [-0.4, -0.2) is 10.0 Å². The molecule has 0 fully saturated rings. The molecule has 0 unspecified atom stereocenters. The van der Waals surface area contributed by atoms with Gasteiger partial charge in [0.2, 0.25) is 5.88 Å². The lowest BCUT2D eigenvalue weighted by Crippen LogP contribution is -2.43. The zero-order valence-corrected chi connectivity index (χ0v) is 13.9. The number of nitro groups is 1. The second-order valence-corrected chi connectivity index (χ2v) is 6.10. The highest BCUT2D eigenvalue weighted by Crippen LogP contribution is 2.43. The summed E-state index contributed by atoms with van der Waals surface area (Å²) in [7, 11) is 0. The molecule has 0 radical (unpaired) electrons. The van der Waals surface area contributed by atoms with Crippen LogP contribution in [0.15, 0.2) is 65.7 Å². The number of para-hydroxylation sites is 1. The Morgan fingerprint density at radius 3 is 2.48 bits per heavy atom. The molecule has 0 saturated heterocycles. The van der Waals surface area contributed by atoms with Gasteiger partial charge in [-0.25, -0.2) is 5.01 Å². The number of aliphatic hydroxyl groups is 1. The van der Waals surface area contributed by atoms with Crippen LogP contribution < -0.4 is 15.6 Å². The average molecular weight is 357 g/mol. The molecule has 0 saturated carbocycles. The molecule has 0 amide bonds. The fourth-order valence-corrected chi connectivity index (χ4v) is 3.23. The van der Waals surface area contributed by atoms with Crippen LogP contribution in [0.25, 0.3) is 5.70 Å². The molecule has 0 aliphatic carbocycles. The highest BCUT2D eigenvalue weighted by atomic mass is 35.5. The molecule has 2 N–H and O–H groups in total. The summed E-state index contributed by atoms with van der Waals surface area (Å²) >= 11 is 5.91. The minimum atomic E-state index is -0.420. The lowest BCUT2D eigenvalue weighted by Gasteiger charge is -2.28. The Hall–Kier alpha value is -3.03. The van der Waals surface area contributed by atoms with Crippen molar-refractivity contribution < 1.29 is 10.0 Å². The molecule has 25 heavy (non-hydrogen) atoms. The standard InChI is InChI=1S/C17H13ClN4O3/c1-10-15(22(24)25)13-4-2-3-5-14(13)21-16(10)17(23)20(19-21)12-8-6-11(18)7-9-12/h2-9,19,23H,1H3. The fraction of sp³-hybridized carbons (Fsp3) is 0.0588. The van der Waals surface area contributed by atoms with Crippen LogP contribution in [0.4, 0.5) is 11.4 Å². The Morgan fingerprint density at radius 2 is 1.80 bits per heavy atom. The Bertz CT molecular complexity index is 953. The van der Waals surface area contributed by atoms with Crippen LogP contribution in [0.3, 0.4) is 0 Å². The molecule has 2 heterocycles. The van der Waals surface area contributed by atoms with Gasteiger partial charge in [-0.3, -0.25) is 15.1 Å². The lowest BCUT2D eigenvalue weighted by atomic mass is 9.98. The zero-order valence-electron chi connectivity index (χ0n) is 13.1. The molecule has 0 aromatic heterocycles. The smallest absolute Gasteiger partial charge is 0.283 e. The zero-order chi connectivity index (χ0) is 17.7. The second-order valence-electron chi connectivity index (χ2n) is 5.67. The topological polar surface area (TPSA) is 81.9 Å². The van der Waals surface area contributed by atoms with Gasteiger partial charge in [-0.2, -0.15) is 0 Å². The van der Waals surface area contributed by atoms with Gasteiger partial charge in [0, 0.05) is 5.02 Å². The molecule has 126 valence electrons. The number of hydrogen-bond donors (Lipinski definition) is 2. The van der Waals surface area contributed by atoms with Gasteiger partial charge in [-0.1, -0.05) is 23.7 Å². The number of aliphatic hydroxyl groups excluding tert-OH is 1. The van der Waals surface area contributed by atoms with Gasteiger partial charge >= 0.3 is 0 Å². The number of allylic oxidation sites excluding steroid dienone is 1. The third-order valence-electron chi connectivity index (χ3n) is 4.23. The quantitative estimate of drug-likeness (QED) is 0.628. The van der Waals surface area contributed by atoms with Crippen molar-refractivity contribution >= 4 is 28.7 Å². The molecule has 2 aliphatic heterocycles. The summed E-state index contributed by atoms with van der Waals surface area (Å²) in [6, 6.07) is 13.9. The molecule has 2 aromatic carbocycles. The highest BCUT2D eigenvalue weighted by molar-refractivity contribution is 6.30. The number of rotatable bonds is 2. The molecular weight excluding hydrogens is 344 g/mol. The molecule has 0 spiro atoms. The van der Waals surface area contributed by atoms with Gasteiger partial charge in [0.1, 0.15) is 5.70 Å². The number of nitrogens with one attached hydrogen (secondary N) is 1. The van der Waals surface area contributed by atoms with Crippen LogP contribution in [-0.2, 0) is 0 Å². The Labute approximate surface area is 148 Å². The van der Waals surface area contributed by atoms with Crippen molar-refractivity contribution in [3.63, 3.8) is 0 Å². The van der Waals surface area contributed by atoms with Gasteiger partial charge in [0.25, 0.3) is 5.70 Å². The summed E-state index contributed by atoms with van der Waals surface area (Å²) in [5, 5.41) is 26.0. The lowest BCUT2D eigenvalue weighted by molar-refractivity contribution is -0.376. The van der Waals surface area contributed by atoms with E-state index in [0.29, 0.717) is 33.2 Å². The summed E-state index contributed by atoms with van der Waals surface area (Å²) in [4.78, 5) is 11.2. The second kappa shape index (κ2) is 5.51. The predicted octanol–water partition coefficient (Wildman–Crippen LogP) is 3.83. The van der Waals surface area contributed by atoms with E-state index in [1.165, 1.54) is 5.01 Å². The molecule has 0 atom stereocenters. The largest absolute Gasteiger partial charge is 0.492 e. The van der Waals surface area contributed by atoms with Crippen molar-refractivity contribution in [1.82, 2.24) is 5.53 Å². The first-order valence-electron chi connectivity index (χ1n) is 7.49. The van der Waals surface area contributed by atoms with Gasteiger partial charge in [0.15, 0.2) is 0 Å². The van der Waals surface area contributed by atoms with Crippen molar-refractivity contribution in [3.05, 3.63) is 86.4 Å². The molecule has 4 rings (SSSR count). The van der Waals surface area contributed by atoms with E-state index in [4.69, 9.17) is 11.6 Å². The van der Waals surface area contributed by atoms with E-state index in [-0.39, 0.29) is 11.6 Å². The molecule has 0 bridgehead atoms. The minimum Gasteiger partial charge on any atom is -0.492 e. The van der Waals surface area contributed by atoms with Gasteiger partial charge in [-0.15, -0.1) is 5.53 Å². The number of hydrogen-bond acceptors (Lipinski definition) is 6. The number of anilines is 2. The number of nitrogens with zero attached hydrogens (tertiary/aromatic N) is 3. The van der Waals surface area contributed by atoms with Crippen LogP contribution in [0.2, 0.25) is 5.02 Å². The summed E-state index contributed by atoms with van der Waals surface area (Å²) in [6.07, 6.45) is 0. The van der Waals surface area contributed by atoms with Crippen molar-refractivity contribution in [2.75, 3.05) is 10.0 Å². The Balaban J connectivity index is 1.90. The molecule has 2 aliphatic rings. The Morgan fingerprint density at radius 1 is 1.12 bits per heavy atom. The maximum Gasteiger partial charge on any atom is 0.283 e. The normalized spacial score (nSPS) is 16.2. The van der Waals surface area contributed by atoms with Gasteiger partial charge in [-0.05, 0) is 43.3 Å². The number of fused-ring (bicyclic) bond motifs is 3. The molecule has 2 aromatic rings. The minimum absolute atomic E-state index is 0.0202. The van der Waals surface area contributed by atoms with Crippen molar-refractivity contribution in [2.24, 2.45) is 0 Å². The summed E-state index contributed by atoms with van der Waals surface area (Å²) in [5.41, 5.74) is 5.51. The predicted molar refractivity (Wildman–Crippen MR) is 95.2 cm³/mol. The molecule has 8 heteroatoms. The van der Waals surface area contributed by atoms with E-state index >= 15 is 0 Å². The highest BCUT2D eigenvalue weighted by Gasteiger charge is 2.41. The van der Waals surface area contributed by atoms with E-state index < -0.39 is 4.92 Å². The van der Waals surface area contributed by atoms with Gasteiger partial charge < -0.3 is 5.11 Å². The first-order chi connectivity index (χ1) is 12.0. The third-order valence-corrected chi connectivity index (χ3v) is 4.48. The van der Waals surface area contributed by atoms with Crippen LogP contribution >= 0.6 is 11.6 Å². The third kappa shape index (κ3) is 2.25. The van der Waals surface area contributed by atoms with Crippen LogP contribution in [0.5, 0.6) is 0 Å². The van der Waals surface area contributed by atoms with Crippen molar-refractivity contribution in [2.45, 2.75) is 6.92 Å². The van der Waals surface area contributed by atoms with Gasteiger partial charge in [0.05, 0.1) is 27.4 Å². The summed E-state index contributed by atoms with van der Waals surface area (Å²) in [5.74, 6) is -0.117.